The van der Waals surface area contributed by atoms with Gasteiger partial charge in [-0.1, -0.05) is 28.1 Å². The van der Waals surface area contributed by atoms with Gasteiger partial charge in [0.1, 0.15) is 0 Å². The van der Waals surface area contributed by atoms with Crippen LogP contribution in [0.4, 0.5) is 0 Å². The molecule has 0 aliphatic rings. The summed E-state index contributed by atoms with van der Waals surface area (Å²) < 4.78 is 0.904. The number of nitrogens with one attached hydrogen (secondary N) is 1. The van der Waals surface area contributed by atoms with Crippen molar-refractivity contribution >= 4 is 28.3 Å². The third kappa shape index (κ3) is 2.79. The van der Waals surface area contributed by atoms with Crippen LogP contribution < -0.4 is 5.32 Å². The third-order valence-electron chi connectivity index (χ3n) is 2.00. The molecule has 0 radical (unpaired) electrons. The highest BCUT2D eigenvalue weighted by Gasteiger charge is 2.18. The summed E-state index contributed by atoms with van der Waals surface area (Å²) in [6.45, 7) is 1.85. The molecule has 5 heteroatoms. The van der Waals surface area contributed by atoms with Gasteiger partial charge < -0.3 is 10.4 Å². The number of hydrogen-bond acceptors (Lipinski definition) is 2. The Bertz CT molecular complexity index is 392. The van der Waals surface area contributed by atoms with E-state index in [4.69, 9.17) is 5.11 Å². The molecular formula is C10H10BrNO3. The minimum Gasteiger partial charge on any atom is -0.479 e. The zero-order chi connectivity index (χ0) is 11.4. The SMILES string of the molecule is Cc1cc(C(NC=O)C(=O)O)ccc1Br. The monoisotopic (exact) mass is 271 g/mol. The molecule has 0 saturated heterocycles. The lowest BCUT2D eigenvalue weighted by molar-refractivity contribution is -0.140. The second-order valence-electron chi connectivity index (χ2n) is 3.06. The van der Waals surface area contributed by atoms with Crippen LogP contribution in [-0.4, -0.2) is 17.5 Å². The van der Waals surface area contributed by atoms with E-state index in [0.717, 1.165) is 10.0 Å². The highest BCUT2D eigenvalue weighted by Crippen LogP contribution is 2.21. The summed E-state index contributed by atoms with van der Waals surface area (Å²) in [5, 5.41) is 11.1. The molecule has 0 fully saturated rings. The van der Waals surface area contributed by atoms with E-state index in [1.807, 2.05) is 6.92 Å². The minimum absolute atomic E-state index is 0.385. The van der Waals surface area contributed by atoms with Gasteiger partial charge in [0.05, 0.1) is 0 Å². The molecule has 80 valence electrons. The molecule has 2 N–H and O–H groups in total. The van der Waals surface area contributed by atoms with Crippen molar-refractivity contribution in [1.29, 1.82) is 0 Å². The van der Waals surface area contributed by atoms with Gasteiger partial charge in [-0.2, -0.15) is 0 Å². The summed E-state index contributed by atoms with van der Waals surface area (Å²) in [4.78, 5) is 21.1. The van der Waals surface area contributed by atoms with Crippen molar-refractivity contribution in [2.75, 3.05) is 0 Å². The van der Waals surface area contributed by atoms with E-state index < -0.39 is 12.0 Å². The number of rotatable bonds is 4. The first-order chi connectivity index (χ1) is 7.06. The molecule has 0 spiro atoms. The fraction of sp³-hybridized carbons (Fsp3) is 0.200. The molecule has 1 aromatic carbocycles. The first-order valence-electron chi connectivity index (χ1n) is 4.25. The smallest absolute Gasteiger partial charge is 0.330 e. The van der Waals surface area contributed by atoms with Gasteiger partial charge in [-0.25, -0.2) is 4.79 Å². The zero-order valence-corrected chi connectivity index (χ0v) is 9.61. The molecule has 1 rings (SSSR count). The van der Waals surface area contributed by atoms with E-state index in [1.54, 1.807) is 18.2 Å². The van der Waals surface area contributed by atoms with E-state index in [-0.39, 0.29) is 0 Å². The fourth-order valence-corrected chi connectivity index (χ4v) is 1.47. The number of hydrogen-bond donors (Lipinski definition) is 2. The Kier molecular flexibility index (Phi) is 3.85. The number of amides is 1. The number of carboxylic acids is 1. The van der Waals surface area contributed by atoms with E-state index in [2.05, 4.69) is 21.2 Å². The maximum absolute atomic E-state index is 10.9. The van der Waals surface area contributed by atoms with Crippen LogP contribution in [0, 0.1) is 6.92 Å². The van der Waals surface area contributed by atoms with Crippen molar-refractivity contribution in [3.63, 3.8) is 0 Å². The number of carboxylic acid groups (broad SMARTS) is 1. The molecule has 1 aromatic rings. The van der Waals surface area contributed by atoms with E-state index in [9.17, 15) is 9.59 Å². The average Bonchev–Trinajstić information content (AvgIpc) is 2.18. The molecule has 15 heavy (non-hydrogen) atoms. The second kappa shape index (κ2) is 4.93. The van der Waals surface area contributed by atoms with Crippen LogP contribution in [0.5, 0.6) is 0 Å². The largest absolute Gasteiger partial charge is 0.479 e. The molecule has 0 saturated carbocycles. The Hall–Kier alpha value is -1.36. The highest BCUT2D eigenvalue weighted by molar-refractivity contribution is 9.10. The Labute approximate surface area is 95.4 Å². The van der Waals surface area contributed by atoms with Crippen LogP contribution in [0.1, 0.15) is 17.2 Å². The van der Waals surface area contributed by atoms with Gasteiger partial charge in [0.25, 0.3) is 0 Å². The third-order valence-corrected chi connectivity index (χ3v) is 2.89. The Morgan fingerprint density at radius 3 is 2.73 bits per heavy atom. The van der Waals surface area contributed by atoms with E-state index in [1.165, 1.54) is 0 Å². The number of carbonyl (C=O) groups is 2. The van der Waals surface area contributed by atoms with Crippen molar-refractivity contribution in [3.8, 4) is 0 Å². The van der Waals surface area contributed by atoms with Crippen LogP contribution >= 0.6 is 15.9 Å². The summed E-state index contributed by atoms with van der Waals surface area (Å²) in [5.41, 5.74) is 1.47. The quantitative estimate of drug-likeness (QED) is 0.818. The molecule has 0 aromatic heterocycles. The summed E-state index contributed by atoms with van der Waals surface area (Å²) in [6, 6.07) is 4.15. The fourth-order valence-electron chi connectivity index (χ4n) is 1.23. The number of aryl methyl sites for hydroxylation is 1. The van der Waals surface area contributed by atoms with Crippen molar-refractivity contribution in [2.45, 2.75) is 13.0 Å². The molecule has 0 bridgehead atoms. The van der Waals surface area contributed by atoms with E-state index in [0.29, 0.717) is 12.0 Å². The maximum Gasteiger partial charge on any atom is 0.330 e. The molecule has 1 unspecified atom stereocenters. The van der Waals surface area contributed by atoms with Crippen molar-refractivity contribution in [2.24, 2.45) is 0 Å². The molecule has 1 atom stereocenters. The zero-order valence-electron chi connectivity index (χ0n) is 8.03. The van der Waals surface area contributed by atoms with Gasteiger partial charge in [0.15, 0.2) is 6.04 Å². The average molecular weight is 272 g/mol. The van der Waals surface area contributed by atoms with Crippen LogP contribution in [0.3, 0.4) is 0 Å². The van der Waals surface area contributed by atoms with Crippen molar-refractivity contribution in [3.05, 3.63) is 33.8 Å². The number of carbonyl (C=O) groups excluding carboxylic acids is 1. The number of benzene rings is 1. The Morgan fingerprint density at radius 2 is 2.27 bits per heavy atom. The lowest BCUT2D eigenvalue weighted by Crippen LogP contribution is -2.27. The lowest BCUT2D eigenvalue weighted by Gasteiger charge is -2.12. The highest BCUT2D eigenvalue weighted by atomic mass is 79.9. The summed E-state index contributed by atoms with van der Waals surface area (Å²) in [5.74, 6) is -1.08. The molecule has 4 nitrogen and oxygen atoms in total. The van der Waals surface area contributed by atoms with Crippen LogP contribution in [0.15, 0.2) is 22.7 Å². The molecule has 1 amide bonds. The minimum atomic E-state index is -1.08. The van der Waals surface area contributed by atoms with Gasteiger partial charge in [-0.3, -0.25) is 4.79 Å². The number of halogens is 1. The van der Waals surface area contributed by atoms with Crippen molar-refractivity contribution < 1.29 is 14.7 Å². The first-order valence-corrected chi connectivity index (χ1v) is 5.04. The molecule has 0 heterocycles. The standard InChI is InChI=1S/C10H10BrNO3/c1-6-4-7(2-3-8(6)11)9(10(14)15)12-5-13/h2-5,9H,1H3,(H,12,13)(H,14,15). The van der Waals surface area contributed by atoms with Crippen molar-refractivity contribution in [1.82, 2.24) is 5.32 Å². The van der Waals surface area contributed by atoms with Crippen LogP contribution in [0.2, 0.25) is 0 Å². The Balaban J connectivity index is 3.06. The molecular weight excluding hydrogens is 262 g/mol. The molecule has 0 aliphatic heterocycles. The van der Waals surface area contributed by atoms with Gasteiger partial charge in [-0.05, 0) is 24.1 Å². The normalized spacial score (nSPS) is 11.9. The number of aliphatic carboxylic acids is 1. The summed E-state index contributed by atoms with van der Waals surface area (Å²) in [7, 11) is 0. The molecule has 0 aliphatic carbocycles. The summed E-state index contributed by atoms with van der Waals surface area (Å²) >= 11 is 3.32. The lowest BCUT2D eigenvalue weighted by atomic mass is 10.0. The van der Waals surface area contributed by atoms with Gasteiger partial charge in [0, 0.05) is 4.47 Å². The Morgan fingerprint density at radius 1 is 1.60 bits per heavy atom. The van der Waals surface area contributed by atoms with Crippen LogP contribution in [-0.2, 0) is 9.59 Å². The maximum atomic E-state index is 10.9. The second-order valence-corrected chi connectivity index (χ2v) is 3.92. The van der Waals surface area contributed by atoms with E-state index >= 15 is 0 Å². The topological polar surface area (TPSA) is 66.4 Å². The predicted octanol–water partition coefficient (Wildman–Crippen LogP) is 1.63. The van der Waals surface area contributed by atoms with Gasteiger partial charge in [0.2, 0.25) is 6.41 Å². The van der Waals surface area contributed by atoms with Gasteiger partial charge >= 0.3 is 5.97 Å². The first kappa shape index (κ1) is 11.7. The summed E-state index contributed by atoms with van der Waals surface area (Å²) in [6.07, 6.45) is 0.385. The van der Waals surface area contributed by atoms with Gasteiger partial charge in [-0.15, -0.1) is 0 Å². The predicted molar refractivity (Wildman–Crippen MR) is 58.5 cm³/mol. The van der Waals surface area contributed by atoms with Crippen LogP contribution in [0.25, 0.3) is 0 Å².